The van der Waals surface area contributed by atoms with E-state index in [1.807, 2.05) is 11.8 Å². The van der Waals surface area contributed by atoms with Gasteiger partial charge in [-0.2, -0.15) is 0 Å². The van der Waals surface area contributed by atoms with Gasteiger partial charge >= 0.3 is 0 Å². The van der Waals surface area contributed by atoms with Crippen LogP contribution >= 0.6 is 0 Å². The maximum absolute atomic E-state index is 12.7. The summed E-state index contributed by atoms with van der Waals surface area (Å²) >= 11 is 0. The van der Waals surface area contributed by atoms with E-state index in [0.717, 1.165) is 51.8 Å². The van der Waals surface area contributed by atoms with Crippen LogP contribution in [0.2, 0.25) is 0 Å². The van der Waals surface area contributed by atoms with Crippen molar-refractivity contribution in [3.8, 4) is 0 Å². The molecule has 4 atom stereocenters. The molecule has 4 unspecified atom stereocenters. The van der Waals surface area contributed by atoms with E-state index in [2.05, 4.69) is 6.92 Å². The van der Waals surface area contributed by atoms with Crippen molar-refractivity contribution in [3.05, 3.63) is 0 Å². The van der Waals surface area contributed by atoms with Crippen LogP contribution < -0.4 is 5.73 Å². The van der Waals surface area contributed by atoms with Crippen LogP contribution in [-0.4, -0.2) is 42.6 Å². The van der Waals surface area contributed by atoms with Crippen molar-refractivity contribution in [2.75, 3.05) is 19.7 Å². The zero-order valence-electron chi connectivity index (χ0n) is 13.0. The van der Waals surface area contributed by atoms with Crippen LogP contribution in [0.1, 0.15) is 52.4 Å². The molecule has 1 saturated heterocycles. The van der Waals surface area contributed by atoms with Gasteiger partial charge in [-0.1, -0.05) is 13.3 Å². The number of rotatable bonds is 4. The van der Waals surface area contributed by atoms with Crippen LogP contribution in [0.5, 0.6) is 0 Å². The lowest BCUT2D eigenvalue weighted by molar-refractivity contribution is -0.141. The third-order valence-corrected chi connectivity index (χ3v) is 4.94. The number of hydrogen-bond donors (Lipinski definition) is 1. The monoisotopic (exact) mass is 282 g/mol. The number of piperidine rings is 1. The Morgan fingerprint density at radius 2 is 2.15 bits per heavy atom. The Morgan fingerprint density at radius 3 is 2.85 bits per heavy atom. The minimum Gasteiger partial charge on any atom is -0.377 e. The van der Waals surface area contributed by atoms with E-state index in [-0.39, 0.29) is 12.0 Å². The molecule has 0 spiro atoms. The number of nitrogens with two attached hydrogens (primary N) is 1. The first kappa shape index (κ1) is 15.8. The predicted molar refractivity (Wildman–Crippen MR) is 80.3 cm³/mol. The fraction of sp³-hybridized carbons (Fsp3) is 0.938. The Labute approximate surface area is 123 Å². The van der Waals surface area contributed by atoms with Crippen LogP contribution in [0.3, 0.4) is 0 Å². The molecular formula is C16H30N2O2. The highest BCUT2D eigenvalue weighted by molar-refractivity contribution is 5.79. The van der Waals surface area contributed by atoms with Crippen LogP contribution in [0.25, 0.3) is 0 Å². The Bertz CT molecular complexity index is 320. The lowest BCUT2D eigenvalue weighted by Gasteiger charge is -2.37. The second-order valence-electron chi connectivity index (χ2n) is 6.48. The van der Waals surface area contributed by atoms with Crippen molar-refractivity contribution in [1.82, 2.24) is 4.90 Å². The van der Waals surface area contributed by atoms with Gasteiger partial charge in [-0.15, -0.1) is 0 Å². The quantitative estimate of drug-likeness (QED) is 0.859. The maximum atomic E-state index is 12.7. The number of hydrogen-bond acceptors (Lipinski definition) is 3. The van der Waals surface area contributed by atoms with E-state index in [9.17, 15) is 4.79 Å². The predicted octanol–water partition coefficient (Wildman–Crippen LogP) is 2.17. The third-order valence-electron chi connectivity index (χ3n) is 4.94. The van der Waals surface area contributed by atoms with Crippen LogP contribution in [0.4, 0.5) is 0 Å². The lowest BCUT2D eigenvalue weighted by atomic mass is 9.78. The highest BCUT2D eigenvalue weighted by atomic mass is 16.5. The van der Waals surface area contributed by atoms with Gasteiger partial charge in [-0.25, -0.2) is 0 Å². The van der Waals surface area contributed by atoms with Crippen molar-refractivity contribution >= 4 is 5.91 Å². The molecule has 116 valence electrons. The second-order valence-corrected chi connectivity index (χ2v) is 6.48. The van der Waals surface area contributed by atoms with E-state index in [4.69, 9.17) is 10.5 Å². The molecule has 0 aromatic carbocycles. The topological polar surface area (TPSA) is 55.6 Å². The van der Waals surface area contributed by atoms with Gasteiger partial charge in [-0.05, 0) is 44.9 Å². The Hall–Kier alpha value is -0.610. The van der Waals surface area contributed by atoms with Crippen molar-refractivity contribution in [3.63, 3.8) is 0 Å². The van der Waals surface area contributed by atoms with E-state index in [1.165, 1.54) is 6.42 Å². The zero-order chi connectivity index (χ0) is 14.5. The summed E-state index contributed by atoms with van der Waals surface area (Å²) in [6.07, 6.45) is 6.84. The van der Waals surface area contributed by atoms with E-state index in [0.29, 0.717) is 17.9 Å². The fourth-order valence-electron chi connectivity index (χ4n) is 3.72. The largest absolute Gasteiger partial charge is 0.377 e. The summed E-state index contributed by atoms with van der Waals surface area (Å²) in [5.41, 5.74) is 6.06. The SMILES string of the molecule is CCOC1CCCN(C(=O)C(C)C2CCCC(N)C2)C1. The molecular weight excluding hydrogens is 252 g/mol. The molecule has 2 aliphatic rings. The summed E-state index contributed by atoms with van der Waals surface area (Å²) in [4.78, 5) is 14.7. The lowest BCUT2D eigenvalue weighted by Crippen LogP contribution is -2.47. The average molecular weight is 282 g/mol. The molecule has 0 aromatic rings. The molecule has 0 aromatic heterocycles. The molecule has 0 bridgehead atoms. The summed E-state index contributed by atoms with van der Waals surface area (Å²) in [7, 11) is 0. The molecule has 4 nitrogen and oxygen atoms in total. The average Bonchev–Trinajstić information content (AvgIpc) is 2.46. The molecule has 4 heteroatoms. The molecule has 2 rings (SSSR count). The first-order chi connectivity index (χ1) is 9.61. The van der Waals surface area contributed by atoms with Gasteiger partial charge in [0.05, 0.1) is 6.10 Å². The first-order valence-electron chi connectivity index (χ1n) is 8.27. The van der Waals surface area contributed by atoms with E-state index >= 15 is 0 Å². The summed E-state index contributed by atoms with van der Waals surface area (Å²) in [5.74, 6) is 0.897. The van der Waals surface area contributed by atoms with Crippen LogP contribution in [0, 0.1) is 11.8 Å². The minimum absolute atomic E-state index is 0.113. The van der Waals surface area contributed by atoms with E-state index in [1.54, 1.807) is 0 Å². The van der Waals surface area contributed by atoms with E-state index < -0.39 is 0 Å². The summed E-state index contributed by atoms with van der Waals surface area (Å²) in [5, 5.41) is 0. The van der Waals surface area contributed by atoms with Crippen LogP contribution in [-0.2, 0) is 9.53 Å². The summed E-state index contributed by atoms with van der Waals surface area (Å²) in [6.45, 7) is 6.52. The number of carbonyl (C=O) groups excluding carboxylic acids is 1. The van der Waals surface area contributed by atoms with Gasteiger partial charge in [0.1, 0.15) is 0 Å². The van der Waals surface area contributed by atoms with Crippen molar-refractivity contribution in [2.24, 2.45) is 17.6 Å². The second kappa shape index (κ2) is 7.41. The first-order valence-corrected chi connectivity index (χ1v) is 8.27. The van der Waals surface area contributed by atoms with Gasteiger partial charge in [0, 0.05) is 31.7 Å². The maximum Gasteiger partial charge on any atom is 0.225 e. The molecule has 0 radical (unpaired) electrons. The summed E-state index contributed by atoms with van der Waals surface area (Å²) in [6, 6.07) is 0.293. The summed E-state index contributed by atoms with van der Waals surface area (Å²) < 4.78 is 5.69. The smallest absolute Gasteiger partial charge is 0.225 e. The molecule has 2 fully saturated rings. The van der Waals surface area contributed by atoms with Crippen molar-refractivity contribution in [1.29, 1.82) is 0 Å². The van der Waals surface area contributed by atoms with Gasteiger partial charge in [0.2, 0.25) is 5.91 Å². The van der Waals surface area contributed by atoms with Crippen molar-refractivity contribution < 1.29 is 9.53 Å². The van der Waals surface area contributed by atoms with Gasteiger partial charge in [0.25, 0.3) is 0 Å². The number of amides is 1. The molecule has 1 saturated carbocycles. The third kappa shape index (κ3) is 3.95. The number of carbonyl (C=O) groups is 1. The van der Waals surface area contributed by atoms with Gasteiger partial charge in [-0.3, -0.25) is 4.79 Å². The van der Waals surface area contributed by atoms with Crippen LogP contribution in [0.15, 0.2) is 0 Å². The molecule has 20 heavy (non-hydrogen) atoms. The Balaban J connectivity index is 1.88. The Kier molecular flexibility index (Phi) is 5.85. The normalized spacial score (nSPS) is 33.0. The minimum atomic E-state index is 0.113. The van der Waals surface area contributed by atoms with Gasteiger partial charge < -0.3 is 15.4 Å². The zero-order valence-corrected chi connectivity index (χ0v) is 13.0. The van der Waals surface area contributed by atoms with Gasteiger partial charge in [0.15, 0.2) is 0 Å². The molecule has 1 aliphatic heterocycles. The fourth-order valence-corrected chi connectivity index (χ4v) is 3.72. The van der Waals surface area contributed by atoms with Crippen molar-refractivity contribution in [2.45, 2.75) is 64.5 Å². The molecule has 1 amide bonds. The number of nitrogens with zero attached hydrogens (tertiary/aromatic N) is 1. The molecule has 1 aliphatic carbocycles. The molecule has 1 heterocycles. The standard InChI is InChI=1S/C16H30N2O2/c1-3-20-15-8-5-9-18(11-15)16(19)12(2)13-6-4-7-14(17)10-13/h12-15H,3-11,17H2,1-2H3. The highest BCUT2D eigenvalue weighted by Gasteiger charge is 2.33. The Morgan fingerprint density at radius 1 is 1.35 bits per heavy atom. The number of likely N-dealkylation sites (tertiary alicyclic amines) is 1. The molecule has 2 N–H and O–H groups in total. The highest BCUT2D eigenvalue weighted by Crippen LogP contribution is 2.31. The number of ether oxygens (including phenoxy) is 1.